The van der Waals surface area contributed by atoms with E-state index in [0.717, 1.165) is 30.6 Å². The average Bonchev–Trinajstić information content (AvgIpc) is 3.17. The third kappa shape index (κ3) is 3.76. The van der Waals surface area contributed by atoms with Gasteiger partial charge in [0.05, 0.1) is 24.9 Å². The molecule has 0 saturated heterocycles. The molecule has 0 radical (unpaired) electrons. The predicted molar refractivity (Wildman–Crippen MR) is 97.7 cm³/mol. The maximum absolute atomic E-state index is 12.5. The number of hydrogen-bond acceptors (Lipinski definition) is 5. The van der Waals surface area contributed by atoms with Gasteiger partial charge >= 0.3 is 0 Å². The third-order valence-corrected chi connectivity index (χ3v) is 5.44. The van der Waals surface area contributed by atoms with Crippen LogP contribution < -0.4 is 10.2 Å². The number of rotatable bonds is 7. The average molecular weight is 345 g/mol. The largest absolute Gasteiger partial charge is 0.394 e. The lowest BCUT2D eigenvalue weighted by atomic mass is 10.1. The zero-order valence-electron chi connectivity index (χ0n) is 13.9. The van der Waals surface area contributed by atoms with Crippen LogP contribution in [-0.4, -0.2) is 35.2 Å². The third-order valence-electron chi connectivity index (χ3n) is 4.37. The summed E-state index contributed by atoms with van der Waals surface area (Å²) in [6.45, 7) is 2.23. The number of aromatic nitrogens is 1. The Morgan fingerprint density at radius 1 is 1.38 bits per heavy atom. The number of hydrogen-bond donors (Lipinski definition) is 2. The van der Waals surface area contributed by atoms with Gasteiger partial charge in [-0.05, 0) is 37.8 Å². The summed E-state index contributed by atoms with van der Waals surface area (Å²) in [6.07, 6.45) is 4.02. The normalized spacial score (nSPS) is 14.2. The number of fused-ring (bicyclic) bond motifs is 1. The van der Waals surface area contributed by atoms with Gasteiger partial charge in [0, 0.05) is 10.6 Å². The van der Waals surface area contributed by atoms with Gasteiger partial charge in [-0.2, -0.15) is 0 Å². The number of anilines is 2. The number of aliphatic hydroxyl groups excluding tert-OH is 1. The van der Waals surface area contributed by atoms with E-state index in [1.807, 2.05) is 42.2 Å². The molecule has 1 aliphatic rings. The van der Waals surface area contributed by atoms with Crippen molar-refractivity contribution in [1.82, 2.24) is 4.98 Å². The first kappa shape index (κ1) is 16.9. The van der Waals surface area contributed by atoms with Crippen LogP contribution in [0.4, 0.5) is 10.8 Å². The van der Waals surface area contributed by atoms with E-state index in [-0.39, 0.29) is 25.1 Å². The monoisotopic (exact) mass is 345 g/mol. The van der Waals surface area contributed by atoms with Gasteiger partial charge in [0.15, 0.2) is 5.13 Å². The number of nitrogens with one attached hydrogen (secondary N) is 1. The van der Waals surface area contributed by atoms with Gasteiger partial charge < -0.3 is 15.3 Å². The molecule has 0 aliphatic heterocycles. The molecule has 2 aromatic rings. The van der Waals surface area contributed by atoms with Crippen LogP contribution in [0.2, 0.25) is 0 Å². The molecule has 0 saturated carbocycles. The summed E-state index contributed by atoms with van der Waals surface area (Å²) in [6, 6.07) is 9.66. The Balaban J connectivity index is 1.70. The van der Waals surface area contributed by atoms with Crippen molar-refractivity contribution in [3.8, 4) is 0 Å². The van der Waals surface area contributed by atoms with Crippen molar-refractivity contribution in [2.24, 2.45) is 0 Å². The van der Waals surface area contributed by atoms with Crippen molar-refractivity contribution in [2.75, 3.05) is 23.4 Å². The summed E-state index contributed by atoms with van der Waals surface area (Å²) in [4.78, 5) is 20.3. The molecular formula is C18H23N3O2S. The van der Waals surface area contributed by atoms with Crippen molar-refractivity contribution in [3.63, 3.8) is 0 Å². The van der Waals surface area contributed by atoms with Crippen LogP contribution in [0.5, 0.6) is 0 Å². The molecule has 0 fully saturated rings. The van der Waals surface area contributed by atoms with Crippen molar-refractivity contribution in [1.29, 1.82) is 0 Å². The molecular weight excluding hydrogens is 322 g/mol. The zero-order chi connectivity index (χ0) is 16.9. The van der Waals surface area contributed by atoms with Gasteiger partial charge in [0.25, 0.3) is 0 Å². The summed E-state index contributed by atoms with van der Waals surface area (Å²) < 4.78 is 0. The van der Waals surface area contributed by atoms with Gasteiger partial charge in [-0.15, -0.1) is 11.3 Å². The number of aliphatic hydroxyl groups is 1. The van der Waals surface area contributed by atoms with Crippen LogP contribution in [-0.2, 0) is 17.6 Å². The first-order chi connectivity index (χ1) is 11.7. The highest BCUT2D eigenvalue weighted by Crippen LogP contribution is 2.30. The first-order valence-corrected chi connectivity index (χ1v) is 9.24. The Morgan fingerprint density at radius 3 is 2.83 bits per heavy atom. The number of aryl methyl sites for hydroxylation is 2. The van der Waals surface area contributed by atoms with E-state index >= 15 is 0 Å². The lowest BCUT2D eigenvalue weighted by Gasteiger charge is -2.31. The molecule has 1 unspecified atom stereocenters. The van der Waals surface area contributed by atoms with Crippen molar-refractivity contribution in [3.05, 3.63) is 40.9 Å². The van der Waals surface area contributed by atoms with Gasteiger partial charge in [0.1, 0.15) is 0 Å². The Hall–Kier alpha value is -1.92. The number of thiazole rings is 1. The minimum absolute atomic E-state index is 0.0181. The van der Waals surface area contributed by atoms with E-state index in [1.165, 1.54) is 11.3 Å². The van der Waals surface area contributed by atoms with Crippen LogP contribution in [0, 0.1) is 0 Å². The Morgan fingerprint density at radius 2 is 2.17 bits per heavy atom. The van der Waals surface area contributed by atoms with E-state index in [2.05, 4.69) is 10.3 Å². The van der Waals surface area contributed by atoms with E-state index in [9.17, 15) is 9.90 Å². The van der Waals surface area contributed by atoms with Gasteiger partial charge in [-0.25, -0.2) is 4.98 Å². The molecule has 1 aromatic carbocycles. The van der Waals surface area contributed by atoms with Crippen LogP contribution in [0.15, 0.2) is 30.3 Å². The summed E-state index contributed by atoms with van der Waals surface area (Å²) >= 11 is 1.58. The van der Waals surface area contributed by atoms with Gasteiger partial charge in [-0.1, -0.05) is 25.1 Å². The van der Waals surface area contributed by atoms with E-state index in [1.54, 1.807) is 11.3 Å². The highest BCUT2D eigenvalue weighted by Gasteiger charge is 2.22. The molecule has 128 valence electrons. The molecule has 1 heterocycles. The summed E-state index contributed by atoms with van der Waals surface area (Å²) in [7, 11) is 0. The molecule has 1 aliphatic carbocycles. The molecule has 0 bridgehead atoms. The molecule has 1 amide bonds. The predicted octanol–water partition coefficient (Wildman–Crippen LogP) is 2.85. The smallest absolute Gasteiger partial charge is 0.245 e. The molecule has 6 heteroatoms. The highest BCUT2D eigenvalue weighted by atomic mass is 32.1. The number of amides is 1. The highest BCUT2D eigenvalue weighted by molar-refractivity contribution is 7.15. The number of benzene rings is 1. The minimum Gasteiger partial charge on any atom is -0.394 e. The van der Waals surface area contributed by atoms with Gasteiger partial charge in [-0.3, -0.25) is 4.79 Å². The number of carbonyl (C=O) groups excluding carboxylic acids is 1. The lowest BCUT2D eigenvalue weighted by molar-refractivity contribution is -0.115. The quantitative estimate of drug-likeness (QED) is 0.810. The van der Waals surface area contributed by atoms with Crippen LogP contribution in [0.25, 0.3) is 0 Å². The molecule has 24 heavy (non-hydrogen) atoms. The summed E-state index contributed by atoms with van der Waals surface area (Å²) in [5.41, 5.74) is 2.08. The van der Waals surface area contributed by atoms with E-state index < -0.39 is 0 Å². The molecule has 5 nitrogen and oxygen atoms in total. The number of nitrogens with zero attached hydrogens (tertiary/aromatic N) is 2. The molecule has 0 spiro atoms. The standard InChI is InChI=1S/C18H23N3O2S/c1-2-13(12-22)21(14-7-4-3-5-8-14)11-17(23)20-18-19-15-9-6-10-16(15)24-18/h3-5,7-8,13,22H,2,6,9-12H2,1H3,(H,19,20,23). The second kappa shape index (κ2) is 7.77. The van der Waals surface area contributed by atoms with Crippen molar-refractivity contribution < 1.29 is 9.90 Å². The van der Waals surface area contributed by atoms with Crippen LogP contribution >= 0.6 is 11.3 Å². The molecule has 1 atom stereocenters. The lowest BCUT2D eigenvalue weighted by Crippen LogP contribution is -2.42. The Bertz CT molecular complexity index is 661. The maximum atomic E-state index is 12.5. The Kier molecular flexibility index (Phi) is 5.48. The second-order valence-electron chi connectivity index (χ2n) is 6.00. The van der Waals surface area contributed by atoms with E-state index in [0.29, 0.717) is 5.13 Å². The maximum Gasteiger partial charge on any atom is 0.245 e. The fraction of sp³-hybridized carbons (Fsp3) is 0.444. The second-order valence-corrected chi connectivity index (χ2v) is 7.08. The SMILES string of the molecule is CCC(CO)N(CC(=O)Nc1nc2c(s1)CCC2)c1ccccc1. The van der Waals surface area contributed by atoms with E-state index in [4.69, 9.17) is 0 Å². The molecule has 2 N–H and O–H groups in total. The first-order valence-electron chi connectivity index (χ1n) is 8.42. The summed E-state index contributed by atoms with van der Waals surface area (Å²) in [5.74, 6) is -0.0989. The van der Waals surface area contributed by atoms with Gasteiger partial charge in [0.2, 0.25) is 5.91 Å². The number of carbonyl (C=O) groups is 1. The van der Waals surface area contributed by atoms with Crippen LogP contribution in [0.1, 0.15) is 30.3 Å². The minimum atomic E-state index is -0.0989. The van der Waals surface area contributed by atoms with Crippen LogP contribution in [0.3, 0.4) is 0 Å². The fourth-order valence-electron chi connectivity index (χ4n) is 3.06. The number of para-hydroxylation sites is 1. The zero-order valence-corrected chi connectivity index (χ0v) is 14.7. The molecule has 1 aromatic heterocycles. The van der Waals surface area contributed by atoms with Crippen molar-refractivity contribution in [2.45, 2.75) is 38.6 Å². The van der Waals surface area contributed by atoms with Crippen molar-refractivity contribution >= 4 is 28.1 Å². The molecule has 3 rings (SSSR count). The Labute approximate surface area is 146 Å². The topological polar surface area (TPSA) is 65.5 Å². The fourth-order valence-corrected chi connectivity index (χ4v) is 4.12. The summed E-state index contributed by atoms with van der Waals surface area (Å²) in [5, 5.41) is 13.3.